The Morgan fingerprint density at radius 1 is 0.969 bits per heavy atom. The van der Waals surface area contributed by atoms with Crippen LogP contribution in [0.3, 0.4) is 0 Å². The second-order valence-electron chi connectivity index (χ2n) is 9.52. The fourth-order valence-corrected chi connectivity index (χ4v) is 5.43. The van der Waals surface area contributed by atoms with Gasteiger partial charge in [-0.1, -0.05) is 50.2 Å². The molecule has 0 bridgehead atoms. The normalized spacial score (nSPS) is 12.7. The van der Waals surface area contributed by atoms with Crippen LogP contribution in [-0.4, -0.2) is 9.55 Å². The number of hydrogen-bond donors (Lipinski definition) is 0. The number of rotatable bonds is 3. The van der Waals surface area contributed by atoms with Crippen LogP contribution in [0.1, 0.15) is 36.4 Å². The third kappa shape index (κ3) is 2.74. The number of aromatic nitrogens is 3. The van der Waals surface area contributed by atoms with Gasteiger partial charge in [0, 0.05) is 23.9 Å². The predicted molar refractivity (Wildman–Crippen MR) is 131 cm³/mol. The van der Waals surface area contributed by atoms with Crippen molar-refractivity contribution in [3.63, 3.8) is 0 Å². The van der Waals surface area contributed by atoms with Gasteiger partial charge in [-0.2, -0.15) is 4.57 Å². The van der Waals surface area contributed by atoms with E-state index in [1.807, 2.05) is 0 Å². The maximum atomic E-state index is 4.94. The zero-order valence-corrected chi connectivity index (χ0v) is 19.2. The molecule has 0 aliphatic carbocycles. The van der Waals surface area contributed by atoms with Crippen LogP contribution in [0.4, 0.5) is 0 Å². The van der Waals surface area contributed by atoms with Gasteiger partial charge in [0.15, 0.2) is 0 Å². The predicted octanol–water partition coefficient (Wildman–Crippen LogP) is 6.08. The fraction of sp³-hybridized carbons (Fsp3) is 0.241. The van der Waals surface area contributed by atoms with Crippen LogP contribution in [0.25, 0.3) is 38.9 Å². The lowest BCUT2D eigenvalue weighted by atomic mass is 9.95. The summed E-state index contributed by atoms with van der Waals surface area (Å²) in [5, 5.41) is 1.35. The molecule has 3 nitrogen and oxygen atoms in total. The molecule has 1 aliphatic heterocycles. The summed E-state index contributed by atoms with van der Waals surface area (Å²) < 4.78 is 4.76. The first-order valence-electron chi connectivity index (χ1n) is 11.5. The Bertz CT molecular complexity index is 1520. The van der Waals surface area contributed by atoms with Crippen molar-refractivity contribution in [1.82, 2.24) is 9.55 Å². The first-order valence-corrected chi connectivity index (χ1v) is 11.5. The van der Waals surface area contributed by atoms with E-state index >= 15 is 0 Å². The molecule has 0 saturated heterocycles. The second-order valence-corrected chi connectivity index (χ2v) is 9.52. The van der Waals surface area contributed by atoms with E-state index in [9.17, 15) is 0 Å². The minimum absolute atomic E-state index is 0.637. The lowest BCUT2D eigenvalue weighted by Gasteiger charge is -2.15. The molecule has 1 aliphatic rings. The number of pyridine rings is 1. The Morgan fingerprint density at radius 2 is 1.81 bits per heavy atom. The van der Waals surface area contributed by atoms with Crippen LogP contribution >= 0.6 is 0 Å². The summed E-state index contributed by atoms with van der Waals surface area (Å²) in [5.41, 5.74) is 11.5. The molecule has 3 aromatic carbocycles. The van der Waals surface area contributed by atoms with Gasteiger partial charge in [0.2, 0.25) is 11.2 Å². The monoisotopic (exact) mass is 418 g/mol. The SMILES string of the molecule is Cc1ccc2c(c1-c1ccc3c(CC(C)C)cccc3[n+]1C)-n1c(nc3ccccc31)C2. The topological polar surface area (TPSA) is 21.7 Å². The van der Waals surface area contributed by atoms with Crippen LogP contribution in [0.5, 0.6) is 0 Å². The smallest absolute Gasteiger partial charge is 0.215 e. The summed E-state index contributed by atoms with van der Waals surface area (Å²) in [6, 6.07) is 24.4. The number of fused-ring (bicyclic) bond motifs is 6. The number of aryl methyl sites for hydroxylation is 2. The molecule has 158 valence electrons. The molecular formula is C29H28N3+. The van der Waals surface area contributed by atoms with Crippen molar-refractivity contribution < 1.29 is 4.57 Å². The Hall–Kier alpha value is -3.46. The highest BCUT2D eigenvalue weighted by Gasteiger charge is 2.30. The van der Waals surface area contributed by atoms with Crippen molar-refractivity contribution in [3.05, 3.63) is 89.2 Å². The number of hydrogen-bond acceptors (Lipinski definition) is 1. The number of benzene rings is 3. The van der Waals surface area contributed by atoms with Crippen molar-refractivity contribution in [2.45, 2.75) is 33.6 Å². The van der Waals surface area contributed by atoms with Crippen LogP contribution in [0.2, 0.25) is 0 Å². The van der Waals surface area contributed by atoms with Crippen molar-refractivity contribution in [2.24, 2.45) is 13.0 Å². The maximum Gasteiger partial charge on any atom is 0.215 e. The average Bonchev–Trinajstić information content (AvgIpc) is 3.31. The van der Waals surface area contributed by atoms with Crippen molar-refractivity contribution in [1.29, 1.82) is 0 Å². The molecule has 0 saturated carbocycles. The van der Waals surface area contributed by atoms with Crippen LogP contribution < -0.4 is 4.57 Å². The van der Waals surface area contributed by atoms with E-state index in [4.69, 9.17) is 4.98 Å². The van der Waals surface area contributed by atoms with Gasteiger partial charge in [0.1, 0.15) is 12.9 Å². The van der Waals surface area contributed by atoms with Crippen molar-refractivity contribution >= 4 is 21.9 Å². The third-order valence-electron chi connectivity index (χ3n) is 6.86. The lowest BCUT2D eigenvalue weighted by molar-refractivity contribution is -0.633. The van der Waals surface area contributed by atoms with E-state index in [1.54, 1.807) is 0 Å². The molecule has 3 heterocycles. The standard InChI is InChI=1S/C29H28N3/c1-18(2)16-20-8-7-11-24-22(20)14-15-26(31(24)4)28-19(3)12-13-21-17-27-30-23-9-5-6-10-25(23)32(27)29(21)28/h5-15,18H,16-17H2,1-4H3/q+1. The van der Waals surface area contributed by atoms with Gasteiger partial charge >= 0.3 is 0 Å². The minimum atomic E-state index is 0.637. The van der Waals surface area contributed by atoms with Gasteiger partial charge in [-0.3, -0.25) is 4.57 Å². The van der Waals surface area contributed by atoms with E-state index in [2.05, 4.69) is 104 Å². The quantitative estimate of drug-likeness (QED) is 0.319. The molecule has 0 spiro atoms. The number of nitrogens with zero attached hydrogens (tertiary/aromatic N) is 3. The van der Waals surface area contributed by atoms with E-state index in [1.165, 1.54) is 50.1 Å². The first kappa shape index (κ1) is 19.2. The number of para-hydroxylation sites is 2. The molecule has 5 aromatic rings. The van der Waals surface area contributed by atoms with Gasteiger partial charge in [0.25, 0.3) is 0 Å². The fourth-order valence-electron chi connectivity index (χ4n) is 5.43. The van der Waals surface area contributed by atoms with Crippen LogP contribution in [-0.2, 0) is 19.9 Å². The molecule has 0 N–H and O–H groups in total. The maximum absolute atomic E-state index is 4.94. The van der Waals surface area contributed by atoms with Crippen molar-refractivity contribution in [3.8, 4) is 16.9 Å². The Morgan fingerprint density at radius 3 is 2.66 bits per heavy atom. The zero-order valence-electron chi connectivity index (χ0n) is 19.2. The summed E-state index contributed by atoms with van der Waals surface area (Å²) in [4.78, 5) is 4.94. The molecule has 0 amide bonds. The molecule has 0 unspecified atom stereocenters. The van der Waals surface area contributed by atoms with E-state index in [0.29, 0.717) is 5.92 Å². The minimum Gasteiger partial charge on any atom is -0.295 e. The Kier molecular flexibility index (Phi) is 4.23. The summed E-state index contributed by atoms with van der Waals surface area (Å²) in [5.74, 6) is 1.77. The second kappa shape index (κ2) is 7.03. The lowest BCUT2D eigenvalue weighted by Crippen LogP contribution is -2.32. The van der Waals surface area contributed by atoms with E-state index < -0.39 is 0 Å². The first-order chi connectivity index (χ1) is 15.5. The largest absolute Gasteiger partial charge is 0.295 e. The molecule has 3 heteroatoms. The molecule has 0 radical (unpaired) electrons. The molecule has 32 heavy (non-hydrogen) atoms. The summed E-state index contributed by atoms with van der Waals surface area (Å²) in [6.07, 6.45) is 1.98. The molecule has 0 atom stereocenters. The van der Waals surface area contributed by atoms with E-state index in [-0.39, 0.29) is 0 Å². The molecule has 2 aromatic heterocycles. The molecular weight excluding hydrogens is 390 g/mol. The zero-order chi connectivity index (χ0) is 22.0. The van der Waals surface area contributed by atoms with Crippen LogP contribution in [0.15, 0.2) is 66.7 Å². The summed E-state index contributed by atoms with van der Waals surface area (Å²) >= 11 is 0. The van der Waals surface area contributed by atoms with Gasteiger partial charge in [0.05, 0.1) is 22.3 Å². The molecule has 6 rings (SSSR count). The Labute approximate surface area is 189 Å². The van der Waals surface area contributed by atoms with E-state index in [0.717, 1.165) is 24.2 Å². The van der Waals surface area contributed by atoms with Gasteiger partial charge in [-0.25, -0.2) is 4.98 Å². The highest BCUT2D eigenvalue weighted by molar-refractivity contribution is 5.87. The van der Waals surface area contributed by atoms with Gasteiger partial charge in [-0.15, -0.1) is 0 Å². The average molecular weight is 419 g/mol. The van der Waals surface area contributed by atoms with Crippen molar-refractivity contribution in [2.75, 3.05) is 0 Å². The highest BCUT2D eigenvalue weighted by atomic mass is 15.1. The summed E-state index contributed by atoms with van der Waals surface area (Å²) in [7, 11) is 2.21. The Balaban J connectivity index is 1.63. The van der Waals surface area contributed by atoms with Gasteiger partial charge in [-0.05, 0) is 54.2 Å². The third-order valence-corrected chi connectivity index (χ3v) is 6.86. The summed E-state index contributed by atoms with van der Waals surface area (Å²) in [6.45, 7) is 6.81. The number of imidazole rings is 1. The highest BCUT2D eigenvalue weighted by Crippen LogP contribution is 2.40. The van der Waals surface area contributed by atoms with Gasteiger partial charge < -0.3 is 0 Å². The van der Waals surface area contributed by atoms with Crippen LogP contribution in [0, 0.1) is 12.8 Å². The molecule has 0 fully saturated rings.